The molecule has 1 saturated carbocycles. The van der Waals surface area contributed by atoms with Gasteiger partial charge in [0.05, 0.1) is 6.07 Å². The van der Waals surface area contributed by atoms with Crippen LogP contribution in [0.15, 0.2) is 24.3 Å². The van der Waals surface area contributed by atoms with Crippen LogP contribution in [0.5, 0.6) is 0 Å². The Labute approximate surface area is 111 Å². The molecular weight excluding hydrogens is 220 g/mol. The van der Waals surface area contributed by atoms with E-state index in [0.717, 1.165) is 12.5 Å². The van der Waals surface area contributed by atoms with E-state index in [4.69, 9.17) is 5.26 Å². The Bertz CT molecular complexity index is 358. The SMILES string of the molecule is CC1(NCC2CCCCC2)C=CC=CC1CC#N. The molecule has 0 bridgehead atoms. The zero-order valence-electron chi connectivity index (χ0n) is 11.4. The second-order valence-corrected chi connectivity index (χ2v) is 5.88. The number of nitrogens with one attached hydrogen (secondary N) is 1. The molecule has 18 heavy (non-hydrogen) atoms. The van der Waals surface area contributed by atoms with E-state index in [1.165, 1.54) is 32.1 Å². The van der Waals surface area contributed by atoms with Gasteiger partial charge in [-0.3, -0.25) is 0 Å². The molecule has 2 aliphatic carbocycles. The molecule has 0 heterocycles. The van der Waals surface area contributed by atoms with Gasteiger partial charge in [-0.15, -0.1) is 0 Å². The van der Waals surface area contributed by atoms with Crippen molar-refractivity contribution in [3.63, 3.8) is 0 Å². The van der Waals surface area contributed by atoms with Crippen LogP contribution < -0.4 is 5.32 Å². The number of nitriles is 1. The third kappa shape index (κ3) is 3.23. The van der Waals surface area contributed by atoms with E-state index in [0.29, 0.717) is 12.3 Å². The van der Waals surface area contributed by atoms with E-state index in [1.54, 1.807) is 0 Å². The number of hydrogen-bond acceptors (Lipinski definition) is 2. The number of rotatable bonds is 4. The van der Waals surface area contributed by atoms with Crippen molar-refractivity contribution in [2.45, 2.75) is 51.0 Å². The Morgan fingerprint density at radius 2 is 2.06 bits per heavy atom. The summed E-state index contributed by atoms with van der Waals surface area (Å²) in [4.78, 5) is 0. The second-order valence-electron chi connectivity index (χ2n) is 5.88. The van der Waals surface area contributed by atoms with Crippen LogP contribution in [-0.2, 0) is 0 Å². The number of hydrogen-bond donors (Lipinski definition) is 1. The molecule has 0 spiro atoms. The van der Waals surface area contributed by atoms with E-state index in [2.05, 4.69) is 42.6 Å². The smallest absolute Gasteiger partial charge is 0.0628 e. The lowest BCUT2D eigenvalue weighted by molar-refractivity contribution is 0.275. The van der Waals surface area contributed by atoms with E-state index >= 15 is 0 Å². The second kappa shape index (κ2) is 6.20. The third-order valence-electron chi connectivity index (χ3n) is 4.47. The molecule has 0 saturated heterocycles. The minimum absolute atomic E-state index is 0.0398. The van der Waals surface area contributed by atoms with Crippen LogP contribution in [0.2, 0.25) is 0 Å². The first-order chi connectivity index (χ1) is 8.74. The predicted molar refractivity (Wildman–Crippen MR) is 75.0 cm³/mol. The van der Waals surface area contributed by atoms with Crippen LogP contribution >= 0.6 is 0 Å². The van der Waals surface area contributed by atoms with Gasteiger partial charge in [0, 0.05) is 17.9 Å². The normalized spacial score (nSPS) is 32.3. The lowest BCUT2D eigenvalue weighted by Crippen LogP contribution is -2.49. The first kappa shape index (κ1) is 13.4. The summed E-state index contributed by atoms with van der Waals surface area (Å²) in [5, 5.41) is 12.6. The zero-order chi connectivity index (χ0) is 12.8. The highest BCUT2D eigenvalue weighted by molar-refractivity contribution is 5.24. The standard InChI is InChI=1S/C16H24N2/c1-16(11-6-5-9-15(16)10-12-17)18-13-14-7-3-2-4-8-14/h5-6,9,11,14-15,18H,2-4,7-8,10,13H2,1H3. The van der Waals surface area contributed by atoms with Crippen molar-refractivity contribution in [2.24, 2.45) is 11.8 Å². The Morgan fingerprint density at radius 3 is 2.78 bits per heavy atom. The summed E-state index contributed by atoms with van der Waals surface area (Å²) in [5.41, 5.74) is -0.0398. The van der Waals surface area contributed by atoms with Gasteiger partial charge >= 0.3 is 0 Å². The summed E-state index contributed by atoms with van der Waals surface area (Å²) < 4.78 is 0. The van der Waals surface area contributed by atoms with Crippen LogP contribution in [-0.4, -0.2) is 12.1 Å². The maximum Gasteiger partial charge on any atom is 0.0628 e. The van der Waals surface area contributed by atoms with Crippen LogP contribution in [0.1, 0.15) is 45.4 Å². The van der Waals surface area contributed by atoms with Crippen molar-refractivity contribution in [1.82, 2.24) is 5.32 Å². The molecule has 2 unspecified atom stereocenters. The summed E-state index contributed by atoms with van der Waals surface area (Å²) in [5.74, 6) is 1.13. The van der Waals surface area contributed by atoms with Crippen molar-refractivity contribution >= 4 is 0 Å². The van der Waals surface area contributed by atoms with Gasteiger partial charge in [0.1, 0.15) is 0 Å². The summed E-state index contributed by atoms with van der Waals surface area (Å²) in [7, 11) is 0. The first-order valence-corrected chi connectivity index (χ1v) is 7.22. The van der Waals surface area contributed by atoms with Gasteiger partial charge in [0.15, 0.2) is 0 Å². The molecule has 0 aromatic heterocycles. The lowest BCUT2D eigenvalue weighted by Gasteiger charge is -2.37. The molecule has 0 aliphatic heterocycles. The summed E-state index contributed by atoms with van der Waals surface area (Å²) in [6.45, 7) is 3.31. The molecule has 0 radical (unpaired) electrons. The molecular formula is C16H24N2. The highest BCUT2D eigenvalue weighted by Crippen LogP contribution is 2.29. The number of allylic oxidation sites excluding steroid dienone is 2. The largest absolute Gasteiger partial charge is 0.307 e. The molecule has 0 aromatic rings. The van der Waals surface area contributed by atoms with E-state index in [9.17, 15) is 0 Å². The van der Waals surface area contributed by atoms with Gasteiger partial charge in [0.2, 0.25) is 0 Å². The molecule has 2 rings (SSSR count). The minimum atomic E-state index is -0.0398. The minimum Gasteiger partial charge on any atom is -0.307 e. The van der Waals surface area contributed by atoms with Crippen LogP contribution in [0.4, 0.5) is 0 Å². The lowest BCUT2D eigenvalue weighted by atomic mass is 9.79. The highest BCUT2D eigenvalue weighted by Gasteiger charge is 2.31. The molecule has 1 fully saturated rings. The topological polar surface area (TPSA) is 35.8 Å². The molecule has 0 aromatic carbocycles. The van der Waals surface area contributed by atoms with Gasteiger partial charge < -0.3 is 5.32 Å². The van der Waals surface area contributed by atoms with E-state index < -0.39 is 0 Å². The molecule has 1 N–H and O–H groups in total. The summed E-state index contributed by atoms with van der Waals surface area (Å²) in [6, 6.07) is 2.31. The van der Waals surface area contributed by atoms with Crippen LogP contribution in [0, 0.1) is 23.2 Å². The maximum atomic E-state index is 8.93. The van der Waals surface area contributed by atoms with Gasteiger partial charge in [-0.1, -0.05) is 43.6 Å². The average molecular weight is 244 g/mol. The Hall–Kier alpha value is -1.07. The average Bonchev–Trinajstić information content (AvgIpc) is 2.41. The van der Waals surface area contributed by atoms with Gasteiger partial charge in [0.25, 0.3) is 0 Å². The van der Waals surface area contributed by atoms with Crippen molar-refractivity contribution in [2.75, 3.05) is 6.54 Å². The third-order valence-corrected chi connectivity index (χ3v) is 4.47. The molecule has 0 amide bonds. The van der Waals surface area contributed by atoms with Crippen molar-refractivity contribution in [1.29, 1.82) is 5.26 Å². The fourth-order valence-electron chi connectivity index (χ4n) is 3.10. The maximum absolute atomic E-state index is 8.93. The van der Waals surface area contributed by atoms with Gasteiger partial charge in [-0.2, -0.15) is 5.26 Å². The van der Waals surface area contributed by atoms with Crippen LogP contribution in [0.3, 0.4) is 0 Å². The van der Waals surface area contributed by atoms with E-state index in [-0.39, 0.29) is 5.54 Å². The fourth-order valence-corrected chi connectivity index (χ4v) is 3.10. The predicted octanol–water partition coefficient (Wildman–Crippen LogP) is 3.57. The van der Waals surface area contributed by atoms with Crippen LogP contribution in [0.25, 0.3) is 0 Å². The highest BCUT2D eigenvalue weighted by atomic mass is 15.0. The molecule has 98 valence electrons. The van der Waals surface area contributed by atoms with Gasteiger partial charge in [-0.05, 0) is 32.2 Å². The van der Waals surface area contributed by atoms with E-state index in [1.807, 2.05) is 0 Å². The first-order valence-electron chi connectivity index (χ1n) is 7.22. The Morgan fingerprint density at radius 1 is 1.28 bits per heavy atom. The van der Waals surface area contributed by atoms with Gasteiger partial charge in [-0.25, -0.2) is 0 Å². The molecule has 2 aliphatic rings. The number of nitrogens with zero attached hydrogens (tertiary/aromatic N) is 1. The monoisotopic (exact) mass is 244 g/mol. The molecule has 2 heteroatoms. The zero-order valence-corrected chi connectivity index (χ0v) is 11.4. The summed E-state index contributed by atoms with van der Waals surface area (Å²) >= 11 is 0. The Kier molecular flexibility index (Phi) is 4.60. The molecule has 2 nitrogen and oxygen atoms in total. The quantitative estimate of drug-likeness (QED) is 0.820. The van der Waals surface area contributed by atoms with Crippen molar-refractivity contribution in [3.8, 4) is 6.07 Å². The van der Waals surface area contributed by atoms with Crippen molar-refractivity contribution < 1.29 is 0 Å². The summed E-state index contributed by atoms with van der Waals surface area (Å²) in [6.07, 6.45) is 16.1. The Balaban J connectivity index is 1.90. The molecule has 2 atom stereocenters. The van der Waals surface area contributed by atoms with Crippen molar-refractivity contribution in [3.05, 3.63) is 24.3 Å². The fraction of sp³-hybridized carbons (Fsp3) is 0.688.